The SMILES string of the molecule is FC(F)(F)Cn1ccnc1CN1CC2CCCCC21c1ccccc1. The highest BCUT2D eigenvalue weighted by atomic mass is 19.4. The molecule has 2 unspecified atom stereocenters. The summed E-state index contributed by atoms with van der Waals surface area (Å²) in [6.07, 6.45) is 3.35. The second kappa shape index (κ2) is 6.16. The molecule has 2 aromatic rings. The maximum absolute atomic E-state index is 12.8. The highest BCUT2D eigenvalue weighted by molar-refractivity contribution is 5.30. The smallest absolute Gasteiger partial charge is 0.325 e. The van der Waals surface area contributed by atoms with Crippen LogP contribution in [0.25, 0.3) is 0 Å². The molecule has 1 saturated carbocycles. The molecule has 1 saturated heterocycles. The first kappa shape index (κ1) is 16.6. The molecule has 0 radical (unpaired) electrons. The van der Waals surface area contributed by atoms with Crippen molar-refractivity contribution < 1.29 is 13.2 Å². The first-order valence-corrected chi connectivity index (χ1v) is 8.86. The summed E-state index contributed by atoms with van der Waals surface area (Å²) in [6, 6.07) is 10.4. The van der Waals surface area contributed by atoms with Gasteiger partial charge in [0.05, 0.1) is 12.1 Å². The Hall–Kier alpha value is -1.82. The molecule has 2 atom stereocenters. The maximum atomic E-state index is 12.8. The molecule has 0 bridgehead atoms. The zero-order valence-corrected chi connectivity index (χ0v) is 14.0. The van der Waals surface area contributed by atoms with Crippen LogP contribution in [0.3, 0.4) is 0 Å². The van der Waals surface area contributed by atoms with Gasteiger partial charge in [-0.15, -0.1) is 0 Å². The van der Waals surface area contributed by atoms with Crippen LogP contribution < -0.4 is 0 Å². The third-order valence-electron chi connectivity index (χ3n) is 5.80. The normalized spacial score (nSPS) is 26.9. The number of hydrogen-bond acceptors (Lipinski definition) is 2. The van der Waals surface area contributed by atoms with E-state index >= 15 is 0 Å². The average Bonchev–Trinajstić information content (AvgIpc) is 2.98. The van der Waals surface area contributed by atoms with E-state index in [-0.39, 0.29) is 5.54 Å². The Morgan fingerprint density at radius 2 is 1.96 bits per heavy atom. The average molecular weight is 349 g/mol. The highest BCUT2D eigenvalue weighted by Crippen LogP contribution is 2.54. The molecule has 0 spiro atoms. The number of halogens is 3. The maximum Gasteiger partial charge on any atom is 0.406 e. The van der Waals surface area contributed by atoms with E-state index in [1.165, 1.54) is 41.8 Å². The Kier molecular flexibility index (Phi) is 4.10. The van der Waals surface area contributed by atoms with Gasteiger partial charge in [0, 0.05) is 18.9 Å². The Morgan fingerprint density at radius 1 is 1.16 bits per heavy atom. The van der Waals surface area contributed by atoms with E-state index in [2.05, 4.69) is 34.1 Å². The Bertz CT molecular complexity index is 725. The summed E-state index contributed by atoms with van der Waals surface area (Å²) in [5.41, 5.74) is 1.26. The van der Waals surface area contributed by atoms with E-state index in [9.17, 15) is 13.2 Å². The van der Waals surface area contributed by atoms with Crippen molar-refractivity contribution in [3.05, 3.63) is 54.1 Å². The van der Waals surface area contributed by atoms with Gasteiger partial charge in [0.2, 0.25) is 0 Å². The van der Waals surface area contributed by atoms with E-state index in [0.717, 1.165) is 13.0 Å². The molecule has 1 aromatic carbocycles. The molecule has 134 valence electrons. The number of imidazole rings is 1. The predicted molar refractivity (Wildman–Crippen MR) is 88.8 cm³/mol. The number of hydrogen-bond donors (Lipinski definition) is 0. The third kappa shape index (κ3) is 2.97. The second-order valence-electron chi connectivity index (χ2n) is 7.20. The van der Waals surface area contributed by atoms with Crippen LogP contribution >= 0.6 is 0 Å². The van der Waals surface area contributed by atoms with Gasteiger partial charge < -0.3 is 4.57 Å². The van der Waals surface area contributed by atoms with Crippen molar-refractivity contribution in [3.63, 3.8) is 0 Å². The van der Waals surface area contributed by atoms with Crippen LogP contribution in [0.2, 0.25) is 0 Å². The van der Waals surface area contributed by atoms with Gasteiger partial charge >= 0.3 is 6.18 Å². The number of rotatable bonds is 4. The Morgan fingerprint density at radius 3 is 2.68 bits per heavy atom. The van der Waals surface area contributed by atoms with Crippen molar-refractivity contribution in [1.82, 2.24) is 14.5 Å². The third-order valence-corrected chi connectivity index (χ3v) is 5.80. The van der Waals surface area contributed by atoms with Gasteiger partial charge in [0.25, 0.3) is 0 Å². The van der Waals surface area contributed by atoms with Crippen LogP contribution in [0, 0.1) is 5.92 Å². The minimum Gasteiger partial charge on any atom is -0.325 e. The van der Waals surface area contributed by atoms with Crippen LogP contribution in [-0.2, 0) is 18.6 Å². The zero-order chi connectivity index (χ0) is 17.5. The summed E-state index contributed by atoms with van der Waals surface area (Å²) in [4.78, 5) is 6.54. The van der Waals surface area contributed by atoms with Crippen molar-refractivity contribution in [1.29, 1.82) is 0 Å². The summed E-state index contributed by atoms with van der Waals surface area (Å²) in [7, 11) is 0. The number of likely N-dealkylation sites (tertiary alicyclic amines) is 1. The lowest BCUT2D eigenvalue weighted by atomic mass is 9.62. The number of alkyl halides is 3. The second-order valence-corrected chi connectivity index (χ2v) is 7.20. The van der Waals surface area contributed by atoms with E-state index < -0.39 is 12.7 Å². The lowest BCUT2D eigenvalue weighted by Crippen LogP contribution is -2.65. The van der Waals surface area contributed by atoms with Crippen LogP contribution in [0.15, 0.2) is 42.7 Å². The van der Waals surface area contributed by atoms with Gasteiger partial charge in [0.15, 0.2) is 0 Å². The molecule has 6 heteroatoms. The summed E-state index contributed by atoms with van der Waals surface area (Å²) in [5.74, 6) is 1.09. The number of aromatic nitrogens is 2. The van der Waals surface area contributed by atoms with E-state index in [1.54, 1.807) is 0 Å². The topological polar surface area (TPSA) is 21.1 Å². The molecule has 2 aliphatic rings. The fourth-order valence-electron chi connectivity index (χ4n) is 4.70. The molecule has 0 amide bonds. The molecule has 1 aliphatic carbocycles. The van der Waals surface area contributed by atoms with E-state index in [0.29, 0.717) is 18.3 Å². The van der Waals surface area contributed by atoms with Crippen LogP contribution in [0.5, 0.6) is 0 Å². The van der Waals surface area contributed by atoms with Gasteiger partial charge in [0.1, 0.15) is 12.4 Å². The lowest BCUT2D eigenvalue weighted by molar-refractivity contribution is -0.143. The van der Waals surface area contributed by atoms with Crippen LogP contribution in [-0.4, -0.2) is 27.2 Å². The predicted octanol–water partition coefficient (Wildman–Crippen LogP) is 4.35. The van der Waals surface area contributed by atoms with E-state index in [1.807, 2.05) is 6.07 Å². The van der Waals surface area contributed by atoms with Crippen molar-refractivity contribution in [2.45, 2.75) is 50.5 Å². The molecular weight excluding hydrogens is 327 g/mol. The van der Waals surface area contributed by atoms with Gasteiger partial charge in [-0.3, -0.25) is 4.90 Å². The van der Waals surface area contributed by atoms with Gasteiger partial charge in [-0.25, -0.2) is 4.98 Å². The zero-order valence-electron chi connectivity index (χ0n) is 14.0. The van der Waals surface area contributed by atoms with Gasteiger partial charge in [-0.05, 0) is 24.3 Å². The molecule has 1 aliphatic heterocycles. The van der Waals surface area contributed by atoms with Crippen molar-refractivity contribution >= 4 is 0 Å². The van der Waals surface area contributed by atoms with Crippen molar-refractivity contribution in [2.24, 2.45) is 5.92 Å². The molecule has 4 rings (SSSR count). The molecule has 1 aromatic heterocycles. The number of benzene rings is 1. The minimum absolute atomic E-state index is 0.0332. The summed E-state index contributed by atoms with van der Waals surface area (Å²) >= 11 is 0. The van der Waals surface area contributed by atoms with Crippen molar-refractivity contribution in [3.8, 4) is 0 Å². The van der Waals surface area contributed by atoms with Gasteiger partial charge in [-0.1, -0.05) is 43.2 Å². The quantitative estimate of drug-likeness (QED) is 0.818. The summed E-state index contributed by atoms with van der Waals surface area (Å²) in [6.45, 7) is 0.431. The first-order valence-electron chi connectivity index (χ1n) is 8.86. The minimum atomic E-state index is -4.23. The molecule has 2 heterocycles. The first-order chi connectivity index (χ1) is 12.0. The van der Waals surface area contributed by atoms with Crippen LogP contribution in [0.1, 0.15) is 37.1 Å². The highest BCUT2D eigenvalue weighted by Gasteiger charge is 2.54. The monoisotopic (exact) mass is 349 g/mol. The fraction of sp³-hybridized carbons (Fsp3) is 0.526. The largest absolute Gasteiger partial charge is 0.406 e. The summed E-state index contributed by atoms with van der Waals surface area (Å²) < 4.78 is 39.6. The number of nitrogens with zero attached hydrogens (tertiary/aromatic N) is 3. The van der Waals surface area contributed by atoms with E-state index in [4.69, 9.17) is 0 Å². The molecule has 25 heavy (non-hydrogen) atoms. The molecular formula is C19H22F3N3. The van der Waals surface area contributed by atoms with Gasteiger partial charge in [-0.2, -0.15) is 13.2 Å². The van der Waals surface area contributed by atoms with Crippen LogP contribution in [0.4, 0.5) is 13.2 Å². The van der Waals surface area contributed by atoms with Crippen molar-refractivity contribution in [2.75, 3.05) is 6.54 Å². The Balaban J connectivity index is 1.60. The molecule has 2 fully saturated rings. The summed E-state index contributed by atoms with van der Waals surface area (Å²) in [5, 5.41) is 0. The lowest BCUT2D eigenvalue weighted by Gasteiger charge is -2.61. The fourth-order valence-corrected chi connectivity index (χ4v) is 4.70. The standard InChI is InChI=1S/C19H22F3N3/c20-19(21,22)14-24-11-10-23-17(24)13-25-12-16-8-4-5-9-18(16,25)15-6-2-1-3-7-15/h1-3,6-7,10-11,16H,4-5,8-9,12-14H2. The number of fused-ring (bicyclic) bond motifs is 1. The molecule has 0 N–H and O–H groups in total. The Labute approximate surface area is 145 Å². The molecule has 3 nitrogen and oxygen atoms in total.